The van der Waals surface area contributed by atoms with Crippen molar-refractivity contribution in [2.45, 2.75) is 50.5 Å². The van der Waals surface area contributed by atoms with E-state index in [4.69, 9.17) is 14.2 Å². The zero-order valence-corrected chi connectivity index (χ0v) is 18.2. The van der Waals surface area contributed by atoms with Gasteiger partial charge in [-0.15, -0.1) is 5.10 Å². The molecule has 3 aliphatic heterocycles. The lowest BCUT2D eigenvalue weighted by molar-refractivity contribution is 0.0594. The maximum absolute atomic E-state index is 6.18. The number of ether oxygens (including phenoxy) is 3. The molecule has 2 aromatic heterocycles. The lowest BCUT2D eigenvalue weighted by Gasteiger charge is -2.35. The van der Waals surface area contributed by atoms with Gasteiger partial charge in [0.15, 0.2) is 0 Å². The highest BCUT2D eigenvalue weighted by Gasteiger charge is 2.39. The van der Waals surface area contributed by atoms with Crippen LogP contribution in [0, 0.1) is 0 Å². The molecule has 5 heterocycles. The molecule has 2 unspecified atom stereocenters. The average molecular weight is 431 g/mol. The van der Waals surface area contributed by atoms with E-state index in [1.165, 1.54) is 12.8 Å². The van der Waals surface area contributed by atoms with Crippen molar-refractivity contribution in [1.82, 2.24) is 25.1 Å². The average Bonchev–Trinajstić information content (AvgIpc) is 3.03. The van der Waals surface area contributed by atoms with Crippen molar-refractivity contribution in [2.75, 3.05) is 14.2 Å². The third kappa shape index (κ3) is 3.35. The maximum Gasteiger partial charge on any atom is 0.319 e. The minimum Gasteiger partial charge on any atom is -0.480 e. The van der Waals surface area contributed by atoms with Crippen LogP contribution < -0.4 is 14.2 Å². The van der Waals surface area contributed by atoms with Crippen molar-refractivity contribution < 1.29 is 14.2 Å². The van der Waals surface area contributed by atoms with Crippen LogP contribution in [0.1, 0.15) is 31.2 Å². The molecule has 2 bridgehead atoms. The molecule has 164 valence electrons. The van der Waals surface area contributed by atoms with Crippen LogP contribution in [0.3, 0.4) is 0 Å². The van der Waals surface area contributed by atoms with E-state index in [-0.39, 0.29) is 6.10 Å². The lowest BCUT2D eigenvalue weighted by Crippen LogP contribution is -2.44. The molecule has 3 aromatic rings. The van der Waals surface area contributed by atoms with Crippen molar-refractivity contribution in [3.63, 3.8) is 0 Å². The largest absolute Gasteiger partial charge is 0.480 e. The monoisotopic (exact) mass is 431 g/mol. The fraction of sp³-hybridized carbons (Fsp3) is 0.417. The van der Waals surface area contributed by atoms with Gasteiger partial charge in [0.2, 0.25) is 11.8 Å². The summed E-state index contributed by atoms with van der Waals surface area (Å²) in [6, 6.07) is 9.75. The molecule has 0 spiro atoms. The molecule has 8 nitrogen and oxygen atoms in total. The van der Waals surface area contributed by atoms with E-state index in [0.717, 1.165) is 40.7 Å². The maximum atomic E-state index is 6.18. The predicted octanol–water partition coefficient (Wildman–Crippen LogP) is 3.51. The highest BCUT2D eigenvalue weighted by molar-refractivity contribution is 5.77. The molecule has 0 aliphatic carbocycles. The minimum atomic E-state index is 0.172. The van der Waals surface area contributed by atoms with Crippen molar-refractivity contribution in [3.8, 4) is 40.0 Å². The van der Waals surface area contributed by atoms with E-state index >= 15 is 0 Å². The van der Waals surface area contributed by atoms with E-state index in [0.29, 0.717) is 36.5 Å². The predicted molar refractivity (Wildman–Crippen MR) is 118 cm³/mol. The molecule has 0 saturated carbocycles. The number of hydrogen-bond donors (Lipinski definition) is 0. The van der Waals surface area contributed by atoms with E-state index < -0.39 is 0 Å². The Morgan fingerprint density at radius 1 is 1.03 bits per heavy atom. The summed E-state index contributed by atoms with van der Waals surface area (Å²) in [7, 11) is 3.81. The Bertz CT molecular complexity index is 1160. The summed E-state index contributed by atoms with van der Waals surface area (Å²) in [4.78, 5) is 11.6. The van der Waals surface area contributed by atoms with Crippen molar-refractivity contribution in [2.24, 2.45) is 0 Å². The van der Waals surface area contributed by atoms with Crippen LogP contribution in [-0.4, -0.2) is 57.4 Å². The van der Waals surface area contributed by atoms with Crippen LogP contribution in [0.5, 0.6) is 17.8 Å². The normalized spacial score (nSPS) is 23.8. The first kappa shape index (κ1) is 19.4. The third-order valence-electron chi connectivity index (χ3n) is 6.99. The summed E-state index contributed by atoms with van der Waals surface area (Å²) in [6.45, 7) is 0.445. The fourth-order valence-corrected chi connectivity index (χ4v) is 5.22. The number of methoxy groups -OCH3 is 1. The lowest BCUT2D eigenvalue weighted by atomic mass is 9.96. The van der Waals surface area contributed by atoms with Crippen LogP contribution in [-0.2, 0) is 6.61 Å². The Hall–Kier alpha value is -3.26. The second-order valence-corrected chi connectivity index (χ2v) is 8.78. The smallest absolute Gasteiger partial charge is 0.319 e. The first-order valence-electron chi connectivity index (χ1n) is 11.1. The van der Waals surface area contributed by atoms with Gasteiger partial charge >= 0.3 is 6.01 Å². The van der Waals surface area contributed by atoms with Crippen LogP contribution in [0.25, 0.3) is 22.3 Å². The highest BCUT2D eigenvalue weighted by Crippen LogP contribution is 2.39. The van der Waals surface area contributed by atoms with Crippen LogP contribution in [0.15, 0.2) is 36.7 Å². The fourth-order valence-electron chi connectivity index (χ4n) is 5.22. The standard InChI is InChI=1S/C24H25N5O3/c1-29-17-4-5-18(29)10-19(9-17)32-24-25-12-21-20-6-3-14(7-16(20)13-31-23(21)27-24)15-8-22(30-2)28-26-11-15/h3,6-8,11-12,17-19H,4-5,9-10,13H2,1-2H3. The van der Waals surface area contributed by atoms with Crippen LogP contribution >= 0.6 is 0 Å². The summed E-state index contributed by atoms with van der Waals surface area (Å²) in [5.41, 5.74) is 5.01. The molecule has 2 saturated heterocycles. The van der Waals surface area contributed by atoms with E-state index in [1.807, 2.05) is 12.3 Å². The molecule has 6 rings (SSSR count). The quantitative estimate of drug-likeness (QED) is 0.621. The van der Waals surface area contributed by atoms with Crippen molar-refractivity contribution >= 4 is 0 Å². The Balaban J connectivity index is 1.24. The molecule has 3 aliphatic rings. The zero-order chi connectivity index (χ0) is 21.7. The number of fused-ring (bicyclic) bond motifs is 5. The molecule has 2 fully saturated rings. The molecule has 32 heavy (non-hydrogen) atoms. The van der Waals surface area contributed by atoms with Gasteiger partial charge in [0.05, 0.1) is 18.9 Å². The number of hydrogen-bond acceptors (Lipinski definition) is 8. The number of rotatable bonds is 4. The van der Waals surface area contributed by atoms with Gasteiger partial charge in [0.25, 0.3) is 0 Å². The molecular formula is C24H25N5O3. The highest BCUT2D eigenvalue weighted by atomic mass is 16.5. The summed E-state index contributed by atoms with van der Waals surface area (Å²) in [6.07, 6.45) is 8.31. The van der Waals surface area contributed by atoms with E-state index in [9.17, 15) is 0 Å². The number of piperidine rings is 1. The topological polar surface area (TPSA) is 82.5 Å². The Labute approximate surface area is 186 Å². The first-order chi connectivity index (χ1) is 15.7. The van der Waals surface area contributed by atoms with Gasteiger partial charge < -0.3 is 19.1 Å². The van der Waals surface area contributed by atoms with Gasteiger partial charge in [-0.05, 0) is 42.6 Å². The first-order valence-corrected chi connectivity index (χ1v) is 11.1. The molecule has 0 radical (unpaired) electrons. The minimum absolute atomic E-state index is 0.172. The summed E-state index contributed by atoms with van der Waals surface area (Å²) < 4.78 is 17.4. The molecule has 1 aromatic carbocycles. The Kier molecular flexibility index (Phi) is 4.68. The van der Waals surface area contributed by atoms with Gasteiger partial charge in [-0.3, -0.25) is 0 Å². The second-order valence-electron chi connectivity index (χ2n) is 8.78. The Morgan fingerprint density at radius 2 is 1.88 bits per heavy atom. The summed E-state index contributed by atoms with van der Waals surface area (Å²) in [5, 5.41) is 7.95. The van der Waals surface area contributed by atoms with E-state index in [2.05, 4.69) is 50.3 Å². The Morgan fingerprint density at radius 3 is 2.69 bits per heavy atom. The molecule has 0 amide bonds. The zero-order valence-electron chi connectivity index (χ0n) is 18.2. The van der Waals surface area contributed by atoms with Crippen LogP contribution in [0.4, 0.5) is 0 Å². The van der Waals surface area contributed by atoms with Gasteiger partial charge in [-0.2, -0.15) is 10.1 Å². The van der Waals surface area contributed by atoms with Crippen molar-refractivity contribution in [1.29, 1.82) is 0 Å². The molecule has 8 heteroatoms. The van der Waals surface area contributed by atoms with E-state index in [1.54, 1.807) is 13.3 Å². The third-order valence-corrected chi connectivity index (χ3v) is 6.99. The second kappa shape index (κ2) is 7.70. The number of benzene rings is 1. The van der Waals surface area contributed by atoms with Crippen LogP contribution in [0.2, 0.25) is 0 Å². The summed E-state index contributed by atoms with van der Waals surface area (Å²) >= 11 is 0. The van der Waals surface area contributed by atoms with Gasteiger partial charge in [0, 0.05) is 42.8 Å². The van der Waals surface area contributed by atoms with Gasteiger partial charge in [-0.25, -0.2) is 4.98 Å². The summed E-state index contributed by atoms with van der Waals surface area (Å²) in [5.74, 6) is 1.07. The number of nitrogens with zero attached hydrogens (tertiary/aromatic N) is 5. The van der Waals surface area contributed by atoms with Crippen molar-refractivity contribution in [3.05, 3.63) is 42.2 Å². The SMILES string of the molecule is COc1cc(-c2ccc3c(c2)COc2nc(OC4CC5CCC(C4)N5C)ncc2-3)cnn1. The number of aromatic nitrogens is 4. The molecular weight excluding hydrogens is 406 g/mol. The van der Waals surface area contributed by atoms with Gasteiger partial charge in [0.1, 0.15) is 12.7 Å². The molecule has 0 N–H and O–H groups in total. The molecule has 2 atom stereocenters. The van der Waals surface area contributed by atoms with Gasteiger partial charge in [-0.1, -0.05) is 12.1 Å².